The van der Waals surface area contributed by atoms with Crippen molar-refractivity contribution < 1.29 is 4.63 Å². The first kappa shape index (κ1) is 9.09. The maximum atomic E-state index is 5.41. The van der Waals surface area contributed by atoms with Gasteiger partial charge < -0.3 is 0 Å². The minimum atomic E-state index is 1.03. The first-order valence-corrected chi connectivity index (χ1v) is 5.24. The smallest absolute Gasteiger partial charge is 0.106 e. The molecule has 16 heavy (non-hydrogen) atoms. The molecule has 0 aliphatic carbocycles. The van der Waals surface area contributed by atoms with Crippen molar-refractivity contribution in [3.63, 3.8) is 0 Å². The summed E-state index contributed by atoms with van der Waals surface area (Å²) in [6.45, 7) is 2.07. The molecule has 0 unspecified atom stereocenters. The average molecular weight is 212 g/mol. The zero-order valence-corrected chi connectivity index (χ0v) is 9.00. The fourth-order valence-corrected chi connectivity index (χ4v) is 1.66. The molecule has 3 heteroatoms. The summed E-state index contributed by atoms with van der Waals surface area (Å²) in [5.41, 5.74) is 3.30. The van der Waals surface area contributed by atoms with Gasteiger partial charge in [0.25, 0.3) is 0 Å². The van der Waals surface area contributed by atoms with Gasteiger partial charge >= 0.3 is 0 Å². The van der Waals surface area contributed by atoms with Crippen LogP contribution in [0.2, 0.25) is 0 Å². The van der Waals surface area contributed by atoms with Gasteiger partial charge in [-0.2, -0.15) is 0 Å². The van der Waals surface area contributed by atoms with Gasteiger partial charge in [0.15, 0.2) is 0 Å². The van der Waals surface area contributed by atoms with Crippen LogP contribution in [0.4, 0.5) is 0 Å². The van der Waals surface area contributed by atoms with Crippen molar-refractivity contribution in [1.29, 1.82) is 0 Å². The predicted octanol–water partition coefficient (Wildman–Crippen LogP) is 3.17. The zero-order valence-electron chi connectivity index (χ0n) is 9.00. The highest BCUT2D eigenvalue weighted by Crippen LogP contribution is 2.18. The molecule has 1 heterocycles. The maximum absolute atomic E-state index is 5.41. The number of hydrogen-bond acceptors (Lipinski definition) is 1. The van der Waals surface area contributed by atoms with E-state index < -0.39 is 0 Å². The van der Waals surface area contributed by atoms with E-state index in [0.29, 0.717) is 0 Å². The second-order valence-corrected chi connectivity index (χ2v) is 3.80. The molecule has 3 aromatic rings. The van der Waals surface area contributed by atoms with Crippen molar-refractivity contribution in [2.24, 2.45) is 0 Å². The van der Waals surface area contributed by atoms with Gasteiger partial charge in [0.2, 0.25) is 0 Å². The predicted molar refractivity (Wildman–Crippen MR) is 62.1 cm³/mol. The van der Waals surface area contributed by atoms with Crippen LogP contribution >= 0.6 is 0 Å². The van der Waals surface area contributed by atoms with Crippen molar-refractivity contribution in [1.82, 2.24) is 9.71 Å². The molecule has 1 aromatic heterocycles. The Morgan fingerprint density at radius 2 is 1.50 bits per heavy atom. The van der Waals surface area contributed by atoms with Crippen LogP contribution in [0.15, 0.2) is 59.2 Å². The van der Waals surface area contributed by atoms with Gasteiger partial charge in [0, 0.05) is 0 Å². The molecule has 0 saturated carbocycles. The molecular formula is C13H12N2O. The number of aryl methyl sites for hydroxylation is 1. The number of nitrogens with zero attached hydrogens (tertiary/aromatic N) is 2. The first-order valence-electron chi connectivity index (χ1n) is 5.24. The highest BCUT2D eigenvalue weighted by atomic mass is 16.8. The van der Waals surface area contributed by atoms with E-state index in [1.54, 1.807) is 9.71 Å². The van der Waals surface area contributed by atoms with Crippen molar-refractivity contribution in [3.8, 4) is 11.4 Å². The van der Waals surface area contributed by atoms with E-state index in [2.05, 4.69) is 19.1 Å². The van der Waals surface area contributed by atoms with Gasteiger partial charge in [-0.3, -0.25) is 0 Å². The molecule has 0 N–H and O–H groups in total. The number of rotatable bonds is 2. The standard InChI is InChI=1S/C13H12N2O/c1-11-6-5-9-13(10-11)15-14(16-15)12-7-3-2-4-8-12/h2-10H,1H3. The largest absolute Gasteiger partial charge is 0.244 e. The Hall–Kier alpha value is -2.16. The minimum absolute atomic E-state index is 1.03. The molecule has 80 valence electrons. The summed E-state index contributed by atoms with van der Waals surface area (Å²) in [5, 5.41) is 0. The van der Waals surface area contributed by atoms with Crippen molar-refractivity contribution in [3.05, 3.63) is 60.2 Å². The zero-order chi connectivity index (χ0) is 11.0. The third-order valence-electron chi connectivity index (χ3n) is 2.49. The molecule has 2 aromatic carbocycles. The van der Waals surface area contributed by atoms with Gasteiger partial charge in [-0.25, -0.2) is 4.63 Å². The lowest BCUT2D eigenvalue weighted by molar-refractivity contribution is 0.474. The Morgan fingerprint density at radius 1 is 0.812 bits per heavy atom. The second-order valence-electron chi connectivity index (χ2n) is 3.80. The summed E-state index contributed by atoms with van der Waals surface area (Å²) in [6, 6.07) is 18.2. The highest BCUT2D eigenvalue weighted by Gasteiger charge is 2.14. The molecule has 0 atom stereocenters. The number of benzene rings is 2. The number of aromatic nitrogens is 2. The van der Waals surface area contributed by atoms with Crippen molar-refractivity contribution in [2.75, 3.05) is 0 Å². The average Bonchev–Trinajstić information content (AvgIpc) is 3.10. The molecule has 0 saturated heterocycles. The molecule has 0 spiro atoms. The van der Waals surface area contributed by atoms with E-state index in [1.165, 1.54) is 5.56 Å². The number of para-hydroxylation sites is 1. The van der Waals surface area contributed by atoms with Crippen LogP contribution in [0.5, 0.6) is 0 Å². The first-order chi connectivity index (χ1) is 7.84. The van der Waals surface area contributed by atoms with E-state index >= 15 is 0 Å². The summed E-state index contributed by atoms with van der Waals surface area (Å²) in [4.78, 5) is 3.52. The van der Waals surface area contributed by atoms with Gasteiger partial charge in [-0.15, -0.1) is 0 Å². The normalized spacial score (nSPS) is 10.8. The molecule has 0 radical (unpaired) electrons. The third-order valence-corrected chi connectivity index (χ3v) is 2.49. The third kappa shape index (κ3) is 1.56. The van der Waals surface area contributed by atoms with Crippen LogP contribution in [0.3, 0.4) is 0 Å². The highest BCUT2D eigenvalue weighted by molar-refractivity contribution is 5.36. The lowest BCUT2D eigenvalue weighted by Crippen LogP contribution is -1.91. The van der Waals surface area contributed by atoms with E-state index in [1.807, 2.05) is 42.5 Å². The van der Waals surface area contributed by atoms with Crippen LogP contribution in [-0.4, -0.2) is 9.71 Å². The van der Waals surface area contributed by atoms with Gasteiger partial charge in [-0.1, -0.05) is 40.0 Å². The van der Waals surface area contributed by atoms with Crippen LogP contribution in [-0.2, 0) is 0 Å². The van der Waals surface area contributed by atoms with E-state index in [4.69, 9.17) is 4.63 Å². The molecule has 3 rings (SSSR count). The maximum Gasteiger partial charge on any atom is 0.106 e. The Labute approximate surface area is 93.4 Å². The van der Waals surface area contributed by atoms with Crippen LogP contribution < -0.4 is 0 Å². The Bertz CT molecular complexity index is 586. The van der Waals surface area contributed by atoms with E-state index in [-0.39, 0.29) is 0 Å². The quantitative estimate of drug-likeness (QED) is 0.639. The molecule has 0 fully saturated rings. The van der Waals surface area contributed by atoms with E-state index in [9.17, 15) is 0 Å². The lowest BCUT2D eigenvalue weighted by atomic mass is 10.2. The summed E-state index contributed by atoms with van der Waals surface area (Å²) in [6.07, 6.45) is 0. The molecule has 3 nitrogen and oxygen atoms in total. The SMILES string of the molecule is Cc1cccc(-n2on2-c2ccccc2)c1. The monoisotopic (exact) mass is 212 g/mol. The van der Waals surface area contributed by atoms with Gasteiger partial charge in [0.1, 0.15) is 11.4 Å². The summed E-state index contributed by atoms with van der Waals surface area (Å²) in [5.74, 6) is 0. The summed E-state index contributed by atoms with van der Waals surface area (Å²) in [7, 11) is 0. The van der Waals surface area contributed by atoms with Gasteiger partial charge in [-0.05, 0) is 36.8 Å². The molecule has 0 aliphatic heterocycles. The van der Waals surface area contributed by atoms with Crippen LogP contribution in [0, 0.1) is 6.92 Å². The Morgan fingerprint density at radius 3 is 2.25 bits per heavy atom. The van der Waals surface area contributed by atoms with E-state index in [0.717, 1.165) is 11.4 Å². The molecular weight excluding hydrogens is 200 g/mol. The topological polar surface area (TPSA) is 23.0 Å². The second kappa shape index (κ2) is 3.45. The summed E-state index contributed by atoms with van der Waals surface area (Å²) >= 11 is 0. The Kier molecular flexibility index (Phi) is 1.96. The summed E-state index contributed by atoms with van der Waals surface area (Å²) < 4.78 is 5.41. The molecule has 0 bridgehead atoms. The van der Waals surface area contributed by atoms with Crippen molar-refractivity contribution >= 4 is 0 Å². The fraction of sp³-hybridized carbons (Fsp3) is 0.0769. The molecule has 0 aliphatic rings. The van der Waals surface area contributed by atoms with Crippen LogP contribution in [0.25, 0.3) is 11.4 Å². The fourth-order valence-electron chi connectivity index (χ4n) is 1.66. The van der Waals surface area contributed by atoms with Crippen LogP contribution in [0.1, 0.15) is 5.56 Å². The Balaban J connectivity index is 1.95. The molecule has 0 amide bonds. The van der Waals surface area contributed by atoms with Gasteiger partial charge in [0.05, 0.1) is 0 Å². The van der Waals surface area contributed by atoms with Crippen molar-refractivity contribution in [2.45, 2.75) is 6.92 Å². The lowest BCUT2D eigenvalue weighted by Gasteiger charge is -1.94. The minimum Gasteiger partial charge on any atom is -0.244 e. The number of hydrogen-bond donors (Lipinski definition) is 0.